The topological polar surface area (TPSA) is 68.7 Å². The molecule has 5 heteroatoms. The maximum atomic E-state index is 11.7. The van der Waals surface area contributed by atoms with Crippen LogP contribution in [-0.2, 0) is 11.3 Å². The number of benzene rings is 1. The van der Waals surface area contributed by atoms with Gasteiger partial charge in [-0.05, 0) is 47.9 Å². The maximum Gasteiger partial charge on any atom is 0.356 e. The molecule has 0 saturated carbocycles. The molecule has 1 N–H and O–H groups in total. The lowest BCUT2D eigenvalue weighted by molar-refractivity contribution is 0.0593. The Morgan fingerprint density at radius 3 is 2.57 bits per heavy atom. The summed E-state index contributed by atoms with van der Waals surface area (Å²) in [6.07, 6.45) is 0. The number of nitrogens with zero attached hydrogens (tertiary/aromatic N) is 1. The van der Waals surface area contributed by atoms with Crippen molar-refractivity contribution in [2.75, 3.05) is 14.2 Å². The summed E-state index contributed by atoms with van der Waals surface area (Å²) < 4.78 is 9.87. The van der Waals surface area contributed by atoms with E-state index in [0.29, 0.717) is 5.69 Å². The van der Waals surface area contributed by atoms with Crippen LogP contribution in [0.1, 0.15) is 21.7 Å². The molecule has 0 spiro atoms. The molecule has 21 heavy (non-hydrogen) atoms. The zero-order chi connectivity index (χ0) is 15.4. The number of hydrogen-bond acceptors (Lipinski definition) is 5. The molecule has 1 aromatic heterocycles. The first kappa shape index (κ1) is 15.0. The Morgan fingerprint density at radius 2 is 2.00 bits per heavy atom. The van der Waals surface area contributed by atoms with Gasteiger partial charge in [0.25, 0.3) is 0 Å². The Labute approximate surface area is 123 Å². The van der Waals surface area contributed by atoms with Crippen LogP contribution >= 0.6 is 0 Å². The fourth-order valence-corrected chi connectivity index (χ4v) is 2.12. The summed E-state index contributed by atoms with van der Waals surface area (Å²) in [7, 11) is 2.91. The predicted octanol–water partition coefficient (Wildman–Crippen LogP) is 2.34. The third kappa shape index (κ3) is 3.20. The van der Waals surface area contributed by atoms with Crippen LogP contribution in [0.3, 0.4) is 0 Å². The largest absolute Gasteiger partial charge is 0.497 e. The predicted molar refractivity (Wildman–Crippen MR) is 78.2 cm³/mol. The van der Waals surface area contributed by atoms with E-state index in [4.69, 9.17) is 9.47 Å². The Bertz CT molecular complexity index is 667. The summed E-state index contributed by atoms with van der Waals surface area (Å²) >= 11 is 0. The molecule has 0 atom stereocenters. The smallest absolute Gasteiger partial charge is 0.356 e. The molecule has 0 fully saturated rings. The number of aryl methyl sites for hydroxylation is 1. The van der Waals surface area contributed by atoms with E-state index in [9.17, 15) is 9.90 Å². The molecule has 0 saturated heterocycles. The quantitative estimate of drug-likeness (QED) is 0.874. The standard InChI is InChI=1S/C16H17NO4/c1-10-6-13(20-2)4-5-14(10)11-7-12(9-18)17-15(8-11)16(19)21-3/h4-8,18H,9H2,1-3H3. The summed E-state index contributed by atoms with van der Waals surface area (Å²) in [5.74, 6) is 0.235. The number of ether oxygens (including phenoxy) is 2. The van der Waals surface area contributed by atoms with Gasteiger partial charge in [0.05, 0.1) is 26.5 Å². The van der Waals surface area contributed by atoms with Crippen LogP contribution in [0.15, 0.2) is 30.3 Å². The minimum absolute atomic E-state index is 0.175. The van der Waals surface area contributed by atoms with E-state index in [1.165, 1.54) is 7.11 Å². The van der Waals surface area contributed by atoms with Crippen molar-refractivity contribution >= 4 is 5.97 Å². The van der Waals surface area contributed by atoms with Crippen molar-refractivity contribution in [1.29, 1.82) is 0 Å². The van der Waals surface area contributed by atoms with E-state index in [1.54, 1.807) is 19.2 Å². The van der Waals surface area contributed by atoms with Gasteiger partial charge in [-0.1, -0.05) is 6.07 Å². The second-order valence-electron chi connectivity index (χ2n) is 4.56. The fourth-order valence-electron chi connectivity index (χ4n) is 2.12. The Morgan fingerprint density at radius 1 is 1.24 bits per heavy atom. The van der Waals surface area contributed by atoms with E-state index in [1.807, 2.05) is 25.1 Å². The number of carbonyl (C=O) groups excluding carboxylic acids is 1. The van der Waals surface area contributed by atoms with Gasteiger partial charge in [-0.3, -0.25) is 0 Å². The number of pyridine rings is 1. The summed E-state index contributed by atoms with van der Waals surface area (Å²) in [5.41, 5.74) is 3.34. The normalized spacial score (nSPS) is 10.3. The lowest BCUT2D eigenvalue weighted by atomic mass is 9.99. The van der Waals surface area contributed by atoms with Crippen LogP contribution < -0.4 is 4.74 Å². The van der Waals surface area contributed by atoms with Crippen molar-refractivity contribution in [3.8, 4) is 16.9 Å². The van der Waals surface area contributed by atoms with E-state index in [0.717, 1.165) is 22.4 Å². The summed E-state index contributed by atoms with van der Waals surface area (Å²) in [6, 6.07) is 9.07. The van der Waals surface area contributed by atoms with E-state index >= 15 is 0 Å². The molecular formula is C16H17NO4. The lowest BCUT2D eigenvalue weighted by Gasteiger charge is -2.11. The first-order valence-corrected chi connectivity index (χ1v) is 6.44. The number of hydrogen-bond donors (Lipinski definition) is 1. The Balaban J connectivity index is 2.55. The highest BCUT2D eigenvalue weighted by Crippen LogP contribution is 2.28. The van der Waals surface area contributed by atoms with Crippen molar-refractivity contribution in [1.82, 2.24) is 4.98 Å². The van der Waals surface area contributed by atoms with Gasteiger partial charge in [0.1, 0.15) is 11.4 Å². The molecule has 0 amide bonds. The van der Waals surface area contributed by atoms with Crippen LogP contribution in [0.4, 0.5) is 0 Å². The molecule has 2 rings (SSSR count). The van der Waals surface area contributed by atoms with Crippen molar-refractivity contribution in [2.45, 2.75) is 13.5 Å². The highest BCUT2D eigenvalue weighted by molar-refractivity contribution is 5.89. The van der Waals surface area contributed by atoms with Gasteiger partial charge in [0.2, 0.25) is 0 Å². The summed E-state index contributed by atoms with van der Waals surface area (Å²) in [6.45, 7) is 1.71. The number of aliphatic hydroxyl groups excluding tert-OH is 1. The first-order valence-electron chi connectivity index (χ1n) is 6.44. The van der Waals surface area contributed by atoms with Crippen LogP contribution in [0.25, 0.3) is 11.1 Å². The van der Waals surface area contributed by atoms with Gasteiger partial charge in [-0.2, -0.15) is 0 Å². The van der Waals surface area contributed by atoms with Crippen LogP contribution in [0.5, 0.6) is 5.75 Å². The Kier molecular flexibility index (Phi) is 4.55. The van der Waals surface area contributed by atoms with E-state index < -0.39 is 5.97 Å². The molecule has 1 aromatic carbocycles. The van der Waals surface area contributed by atoms with Crippen molar-refractivity contribution in [2.24, 2.45) is 0 Å². The number of methoxy groups -OCH3 is 2. The van der Waals surface area contributed by atoms with Crippen LogP contribution in [0.2, 0.25) is 0 Å². The molecule has 0 aliphatic heterocycles. The second kappa shape index (κ2) is 6.37. The SMILES string of the molecule is COC(=O)c1cc(-c2ccc(OC)cc2C)cc(CO)n1. The van der Waals surface area contributed by atoms with Gasteiger partial charge in [0.15, 0.2) is 0 Å². The average Bonchev–Trinajstić information content (AvgIpc) is 2.53. The molecule has 110 valence electrons. The molecule has 0 aliphatic rings. The van der Waals surface area contributed by atoms with Gasteiger partial charge in [-0.25, -0.2) is 9.78 Å². The number of aliphatic hydroxyl groups is 1. The van der Waals surface area contributed by atoms with Gasteiger partial charge in [0, 0.05) is 0 Å². The third-order valence-electron chi connectivity index (χ3n) is 3.18. The molecule has 0 aliphatic carbocycles. The fraction of sp³-hybridized carbons (Fsp3) is 0.250. The van der Waals surface area contributed by atoms with Gasteiger partial charge in [-0.15, -0.1) is 0 Å². The van der Waals surface area contributed by atoms with Gasteiger partial charge >= 0.3 is 5.97 Å². The summed E-state index contributed by atoms with van der Waals surface area (Å²) in [5, 5.41) is 9.30. The lowest BCUT2D eigenvalue weighted by Crippen LogP contribution is -2.07. The number of esters is 1. The zero-order valence-corrected chi connectivity index (χ0v) is 12.2. The van der Waals surface area contributed by atoms with Crippen molar-refractivity contribution in [3.05, 3.63) is 47.3 Å². The molecule has 5 nitrogen and oxygen atoms in total. The minimum Gasteiger partial charge on any atom is -0.497 e. The van der Waals surface area contributed by atoms with Crippen molar-refractivity contribution in [3.63, 3.8) is 0 Å². The monoisotopic (exact) mass is 287 g/mol. The highest BCUT2D eigenvalue weighted by atomic mass is 16.5. The molecule has 0 bridgehead atoms. The zero-order valence-electron chi connectivity index (χ0n) is 12.2. The number of carbonyl (C=O) groups is 1. The van der Waals surface area contributed by atoms with Crippen LogP contribution in [0, 0.1) is 6.92 Å². The molecule has 0 radical (unpaired) electrons. The molecular weight excluding hydrogens is 270 g/mol. The Hall–Kier alpha value is -2.40. The number of rotatable bonds is 4. The van der Waals surface area contributed by atoms with Gasteiger partial charge < -0.3 is 14.6 Å². The highest BCUT2D eigenvalue weighted by Gasteiger charge is 2.13. The van der Waals surface area contributed by atoms with Crippen LogP contribution in [-0.4, -0.2) is 30.3 Å². The molecule has 1 heterocycles. The molecule has 2 aromatic rings. The van der Waals surface area contributed by atoms with Crippen molar-refractivity contribution < 1.29 is 19.4 Å². The third-order valence-corrected chi connectivity index (χ3v) is 3.18. The minimum atomic E-state index is -0.530. The molecule has 0 unspecified atom stereocenters. The van der Waals surface area contributed by atoms with E-state index in [-0.39, 0.29) is 12.3 Å². The number of aromatic nitrogens is 1. The first-order chi connectivity index (χ1) is 10.1. The summed E-state index contributed by atoms with van der Waals surface area (Å²) in [4.78, 5) is 15.7. The van der Waals surface area contributed by atoms with E-state index in [2.05, 4.69) is 4.98 Å². The maximum absolute atomic E-state index is 11.7. The second-order valence-corrected chi connectivity index (χ2v) is 4.56. The average molecular weight is 287 g/mol.